The Labute approximate surface area is 137 Å². The minimum Gasteiger partial charge on any atom is -0.476 e. The Kier molecular flexibility index (Phi) is 6.28. The fraction of sp³-hybridized carbons (Fsp3) is 0.571. The molecule has 8 heteroatoms. The third-order valence-electron chi connectivity index (χ3n) is 2.55. The summed E-state index contributed by atoms with van der Waals surface area (Å²) >= 11 is 3.17. The van der Waals surface area contributed by atoms with Crippen LogP contribution in [0.4, 0.5) is 4.79 Å². The van der Waals surface area contributed by atoms with Crippen molar-refractivity contribution in [3.63, 3.8) is 0 Å². The highest BCUT2D eigenvalue weighted by Gasteiger charge is 2.17. The Hall–Kier alpha value is -1.70. The number of halogens is 1. The van der Waals surface area contributed by atoms with E-state index in [4.69, 9.17) is 9.84 Å². The molecule has 1 amide bonds. The van der Waals surface area contributed by atoms with Crippen LogP contribution < -0.4 is 5.32 Å². The van der Waals surface area contributed by atoms with Crippen molar-refractivity contribution in [2.45, 2.75) is 46.1 Å². The number of nitrogens with one attached hydrogen (secondary N) is 1. The molecule has 122 valence electrons. The summed E-state index contributed by atoms with van der Waals surface area (Å²) in [7, 11) is 0. The summed E-state index contributed by atoms with van der Waals surface area (Å²) < 4.78 is 5.53. The van der Waals surface area contributed by atoms with Crippen molar-refractivity contribution in [1.29, 1.82) is 0 Å². The summed E-state index contributed by atoms with van der Waals surface area (Å²) in [5.74, 6) is -1.12. The molecule has 0 spiro atoms. The molecule has 0 saturated heterocycles. The number of carboxylic acid groups (broad SMARTS) is 1. The first-order valence-corrected chi connectivity index (χ1v) is 7.62. The van der Waals surface area contributed by atoms with Crippen LogP contribution in [0.1, 0.15) is 49.1 Å². The van der Waals surface area contributed by atoms with Crippen LogP contribution in [0.3, 0.4) is 0 Å². The third kappa shape index (κ3) is 5.97. The van der Waals surface area contributed by atoms with Gasteiger partial charge in [-0.1, -0.05) is 0 Å². The van der Waals surface area contributed by atoms with Crippen LogP contribution in [0.25, 0.3) is 0 Å². The van der Waals surface area contributed by atoms with Crippen LogP contribution in [0.15, 0.2) is 4.60 Å². The topological polar surface area (TPSA) is 101 Å². The Balaban J connectivity index is 2.57. The molecule has 1 aromatic heterocycles. The number of hydrogen-bond donors (Lipinski definition) is 2. The lowest BCUT2D eigenvalue weighted by Crippen LogP contribution is -2.33. The van der Waals surface area contributed by atoms with E-state index in [1.165, 1.54) is 0 Å². The van der Waals surface area contributed by atoms with Crippen LogP contribution in [-0.2, 0) is 11.2 Å². The molecule has 1 heterocycles. The van der Waals surface area contributed by atoms with E-state index in [2.05, 4.69) is 31.2 Å². The summed E-state index contributed by atoms with van der Waals surface area (Å²) in [6.07, 6.45) is 0.442. The van der Waals surface area contributed by atoms with E-state index in [9.17, 15) is 9.59 Å². The molecule has 0 aliphatic carbocycles. The Morgan fingerprint density at radius 3 is 2.50 bits per heavy atom. The number of amides is 1. The minimum absolute atomic E-state index is 0.0743. The molecule has 1 aromatic rings. The van der Waals surface area contributed by atoms with E-state index in [1.54, 1.807) is 27.7 Å². The van der Waals surface area contributed by atoms with Crippen LogP contribution in [0, 0.1) is 6.92 Å². The van der Waals surface area contributed by atoms with Gasteiger partial charge < -0.3 is 15.2 Å². The third-order valence-corrected chi connectivity index (χ3v) is 3.30. The summed E-state index contributed by atoms with van der Waals surface area (Å²) in [4.78, 5) is 30.9. The number of nitrogens with zero attached hydrogens (tertiary/aromatic N) is 2. The fourth-order valence-electron chi connectivity index (χ4n) is 1.65. The van der Waals surface area contributed by atoms with E-state index < -0.39 is 17.7 Å². The minimum atomic E-state index is -1.12. The summed E-state index contributed by atoms with van der Waals surface area (Å²) in [6.45, 7) is 7.46. The smallest absolute Gasteiger partial charge is 0.407 e. The van der Waals surface area contributed by atoms with Gasteiger partial charge in [-0.2, -0.15) is 0 Å². The fourth-order valence-corrected chi connectivity index (χ4v) is 1.92. The maximum atomic E-state index is 11.5. The second-order valence-electron chi connectivity index (χ2n) is 5.73. The first kappa shape index (κ1) is 18.3. The second-order valence-corrected chi connectivity index (χ2v) is 6.48. The molecule has 22 heavy (non-hydrogen) atoms. The van der Waals surface area contributed by atoms with Gasteiger partial charge in [-0.15, -0.1) is 0 Å². The van der Waals surface area contributed by atoms with Crippen molar-refractivity contribution < 1.29 is 19.4 Å². The predicted molar refractivity (Wildman–Crippen MR) is 84.0 cm³/mol. The quantitative estimate of drug-likeness (QED) is 0.769. The Morgan fingerprint density at radius 1 is 1.32 bits per heavy atom. The number of aromatic carboxylic acids is 1. The molecule has 0 saturated carbocycles. The lowest BCUT2D eigenvalue weighted by molar-refractivity contribution is 0.0526. The van der Waals surface area contributed by atoms with Gasteiger partial charge in [0.2, 0.25) is 0 Å². The van der Waals surface area contributed by atoms with E-state index >= 15 is 0 Å². The molecule has 2 N–H and O–H groups in total. The zero-order chi connectivity index (χ0) is 16.9. The number of carboxylic acids is 1. The number of aromatic nitrogens is 2. The highest BCUT2D eigenvalue weighted by atomic mass is 79.9. The number of carbonyl (C=O) groups excluding carboxylic acids is 1. The number of hydrogen-bond acceptors (Lipinski definition) is 5. The normalized spacial score (nSPS) is 11.1. The lowest BCUT2D eigenvalue weighted by Gasteiger charge is -2.19. The van der Waals surface area contributed by atoms with E-state index in [0.717, 1.165) is 0 Å². The van der Waals surface area contributed by atoms with Crippen molar-refractivity contribution in [2.24, 2.45) is 0 Å². The van der Waals surface area contributed by atoms with Crippen LogP contribution in [0.2, 0.25) is 0 Å². The van der Waals surface area contributed by atoms with Crippen LogP contribution in [0.5, 0.6) is 0 Å². The van der Waals surface area contributed by atoms with Gasteiger partial charge in [0, 0.05) is 6.54 Å². The van der Waals surface area contributed by atoms with Gasteiger partial charge in [-0.05, 0) is 56.5 Å². The van der Waals surface area contributed by atoms with E-state index in [-0.39, 0.29) is 5.69 Å². The molecule has 1 rings (SSSR count). The van der Waals surface area contributed by atoms with Gasteiger partial charge in [0.15, 0.2) is 5.69 Å². The summed E-state index contributed by atoms with van der Waals surface area (Å²) in [5, 5.41) is 11.8. The summed E-state index contributed by atoms with van der Waals surface area (Å²) in [6, 6.07) is 0. The highest BCUT2D eigenvalue weighted by molar-refractivity contribution is 9.10. The average molecular weight is 374 g/mol. The molecule has 0 unspecified atom stereocenters. The van der Waals surface area contributed by atoms with Gasteiger partial charge in [0.05, 0.1) is 11.4 Å². The molecule has 0 aliphatic rings. The van der Waals surface area contributed by atoms with Gasteiger partial charge in [-0.3, -0.25) is 4.98 Å². The first-order chi connectivity index (χ1) is 10.1. The second kappa shape index (κ2) is 7.53. The van der Waals surface area contributed by atoms with Crippen molar-refractivity contribution in [1.82, 2.24) is 15.3 Å². The van der Waals surface area contributed by atoms with Crippen molar-refractivity contribution in [2.75, 3.05) is 6.54 Å². The molecule has 0 atom stereocenters. The molecule has 0 bridgehead atoms. The molecule has 7 nitrogen and oxygen atoms in total. The molecule has 0 fully saturated rings. The molecule has 0 aromatic carbocycles. The SMILES string of the molecule is Cc1nc(CCCNC(=O)OC(C)(C)C)c(C(=O)O)nc1Br. The highest BCUT2D eigenvalue weighted by Crippen LogP contribution is 2.15. The van der Waals surface area contributed by atoms with Crippen molar-refractivity contribution in [3.8, 4) is 0 Å². The summed E-state index contributed by atoms with van der Waals surface area (Å²) in [5.41, 5.74) is 0.406. The Morgan fingerprint density at radius 2 is 1.95 bits per heavy atom. The molecular weight excluding hydrogens is 354 g/mol. The molecule has 0 aliphatic heterocycles. The predicted octanol–water partition coefficient (Wildman–Crippen LogP) is 2.70. The largest absolute Gasteiger partial charge is 0.476 e. The molecular formula is C14H20BrN3O4. The van der Waals surface area contributed by atoms with Gasteiger partial charge in [-0.25, -0.2) is 14.6 Å². The van der Waals surface area contributed by atoms with Crippen LogP contribution in [-0.4, -0.2) is 39.3 Å². The van der Waals surface area contributed by atoms with Gasteiger partial charge >= 0.3 is 12.1 Å². The maximum absolute atomic E-state index is 11.5. The number of carbonyl (C=O) groups is 2. The van der Waals surface area contributed by atoms with Gasteiger partial charge in [0.1, 0.15) is 10.2 Å². The standard InChI is InChI=1S/C14H20BrN3O4/c1-8-11(15)18-10(12(19)20)9(17-8)6-5-7-16-13(21)22-14(2,3)4/h5-7H2,1-4H3,(H,16,21)(H,19,20). The maximum Gasteiger partial charge on any atom is 0.407 e. The Bertz CT molecular complexity index is 570. The van der Waals surface area contributed by atoms with Gasteiger partial charge in [0.25, 0.3) is 0 Å². The van der Waals surface area contributed by atoms with E-state index in [0.29, 0.717) is 35.4 Å². The lowest BCUT2D eigenvalue weighted by atomic mass is 10.2. The van der Waals surface area contributed by atoms with E-state index in [1.807, 2.05) is 0 Å². The van der Waals surface area contributed by atoms with Crippen molar-refractivity contribution >= 4 is 28.0 Å². The zero-order valence-electron chi connectivity index (χ0n) is 13.1. The number of ether oxygens (including phenoxy) is 1. The first-order valence-electron chi connectivity index (χ1n) is 6.83. The van der Waals surface area contributed by atoms with Crippen LogP contribution >= 0.6 is 15.9 Å². The number of alkyl carbamates (subject to hydrolysis) is 1. The number of rotatable bonds is 5. The monoisotopic (exact) mass is 373 g/mol. The molecule has 0 radical (unpaired) electrons. The average Bonchev–Trinajstić information content (AvgIpc) is 2.35. The zero-order valence-corrected chi connectivity index (χ0v) is 14.7. The number of aryl methyl sites for hydroxylation is 2. The van der Waals surface area contributed by atoms with Crippen molar-refractivity contribution in [3.05, 3.63) is 21.7 Å².